The Morgan fingerprint density at radius 2 is 1.48 bits per heavy atom. The lowest BCUT2D eigenvalue weighted by Gasteiger charge is -2.41. The van der Waals surface area contributed by atoms with Crippen LogP contribution in [0.25, 0.3) is 11.1 Å². The molecule has 2 aliphatic heterocycles. The number of alkyl carbamates (subject to hydrolysis) is 1. The molecule has 0 radical (unpaired) electrons. The number of likely N-dealkylation sites (tertiary alicyclic amines) is 1. The number of ether oxygens (including phenoxy) is 3. The second-order valence-corrected chi connectivity index (χ2v) is 14.6. The molecule has 9 nitrogen and oxygen atoms in total. The van der Waals surface area contributed by atoms with Gasteiger partial charge in [0, 0.05) is 22.1 Å². The van der Waals surface area contributed by atoms with Crippen LogP contribution < -0.4 is 5.32 Å². The topological polar surface area (TPSA) is 114 Å². The lowest BCUT2D eigenvalue weighted by molar-refractivity contribution is -0.268. The van der Waals surface area contributed by atoms with Crippen LogP contribution in [0.1, 0.15) is 53.6 Å². The molecule has 2 N–H and O–H groups in total. The maximum atomic E-state index is 13.2. The lowest BCUT2D eigenvalue weighted by Crippen LogP contribution is -2.41. The van der Waals surface area contributed by atoms with Gasteiger partial charge in [0.05, 0.1) is 31.8 Å². The van der Waals surface area contributed by atoms with E-state index < -0.39 is 24.3 Å². The Balaban J connectivity index is 1.05. The summed E-state index contributed by atoms with van der Waals surface area (Å²) in [5.74, 6) is -0.0208. The fourth-order valence-corrected chi connectivity index (χ4v) is 7.86. The van der Waals surface area contributed by atoms with Crippen LogP contribution in [0.15, 0.2) is 138 Å². The minimum atomic E-state index is -0.981. The molecule has 10 heteroatoms. The van der Waals surface area contributed by atoms with Crippen molar-refractivity contribution in [2.75, 3.05) is 5.75 Å². The van der Waals surface area contributed by atoms with Gasteiger partial charge in [-0.2, -0.15) is 0 Å². The highest BCUT2D eigenvalue weighted by Gasteiger charge is 2.40. The maximum Gasteiger partial charge on any atom is 0.408 e. The van der Waals surface area contributed by atoms with Crippen molar-refractivity contribution < 1.29 is 33.7 Å². The molecule has 54 heavy (non-hydrogen) atoms. The molecule has 5 aromatic rings. The van der Waals surface area contributed by atoms with Crippen LogP contribution in [0.3, 0.4) is 0 Å². The molecule has 2 fully saturated rings. The molecule has 2 saturated heterocycles. The van der Waals surface area contributed by atoms with Crippen LogP contribution >= 0.6 is 11.8 Å². The van der Waals surface area contributed by atoms with Gasteiger partial charge >= 0.3 is 6.09 Å². The van der Waals surface area contributed by atoms with Crippen LogP contribution in [-0.2, 0) is 43.6 Å². The van der Waals surface area contributed by atoms with Crippen LogP contribution in [0.5, 0.6) is 0 Å². The van der Waals surface area contributed by atoms with E-state index in [0.717, 1.165) is 44.7 Å². The third-order valence-electron chi connectivity index (χ3n) is 9.79. The second-order valence-electron chi connectivity index (χ2n) is 13.6. The van der Waals surface area contributed by atoms with Gasteiger partial charge in [-0.3, -0.25) is 14.5 Å². The van der Waals surface area contributed by atoms with E-state index in [4.69, 9.17) is 14.2 Å². The normalized spacial score (nSPS) is 21.2. The van der Waals surface area contributed by atoms with Gasteiger partial charge in [-0.15, -0.1) is 11.8 Å². The summed E-state index contributed by atoms with van der Waals surface area (Å²) in [6.45, 7) is 2.27. The Bertz CT molecular complexity index is 2060. The molecule has 0 spiro atoms. The van der Waals surface area contributed by atoms with Crippen molar-refractivity contribution in [3.05, 3.63) is 161 Å². The summed E-state index contributed by atoms with van der Waals surface area (Å²) < 4.78 is 18.7. The van der Waals surface area contributed by atoms with Gasteiger partial charge in [0.2, 0.25) is 5.91 Å². The molecule has 0 aliphatic carbocycles. The zero-order valence-corrected chi connectivity index (χ0v) is 30.7. The Kier molecular flexibility index (Phi) is 11.8. The highest BCUT2D eigenvalue weighted by Crippen LogP contribution is 2.43. The summed E-state index contributed by atoms with van der Waals surface area (Å²) in [5, 5.41) is 12.2. The number of thioether (sulfide) groups is 1. The number of aliphatic hydroxyl groups is 1. The number of carbonyl (C=O) groups excluding carboxylic acids is 3. The quantitative estimate of drug-likeness (QED) is 0.0978. The minimum Gasteiger partial charge on any atom is -0.445 e. The molecule has 7 rings (SSSR count). The van der Waals surface area contributed by atoms with E-state index in [1.165, 1.54) is 9.80 Å². The Morgan fingerprint density at radius 1 is 0.796 bits per heavy atom. The number of rotatable bonds is 12. The summed E-state index contributed by atoms with van der Waals surface area (Å²) in [4.78, 5) is 41.0. The predicted molar refractivity (Wildman–Crippen MR) is 206 cm³/mol. The average molecular weight is 743 g/mol. The molecule has 1 unspecified atom stereocenters. The van der Waals surface area contributed by atoms with E-state index in [-0.39, 0.29) is 50.2 Å². The van der Waals surface area contributed by atoms with Gasteiger partial charge in [-0.1, -0.05) is 116 Å². The standard InChI is InChI=1S/C44H42N2O7S/c1-29-39(28-54-37-16-6-3-7-17-37)52-43(53-41(29)33-20-18-30(26-47)19-21-33)36-15-9-14-35(23-36)34-13-8-12-32(22-34)25-46-40(48)24-38(42(46)49)45-44(50)51-27-31-10-4-2-5-11-31/h2-23,29,38-39,41,43,47H,24-28H2,1H3,(H,45,50)/t29-,38?,39+,41+,43+/m0/s1. The van der Waals surface area contributed by atoms with E-state index in [1.54, 1.807) is 11.8 Å². The number of imide groups is 1. The molecule has 5 aromatic carbocycles. The van der Waals surface area contributed by atoms with Crippen molar-refractivity contribution >= 4 is 29.7 Å². The van der Waals surface area contributed by atoms with Crippen molar-refractivity contribution in [2.45, 2.75) is 62.5 Å². The molecule has 2 heterocycles. The van der Waals surface area contributed by atoms with E-state index >= 15 is 0 Å². The lowest BCUT2D eigenvalue weighted by atomic mass is 9.91. The summed E-state index contributed by atoms with van der Waals surface area (Å²) in [5.41, 5.74) is 6.17. The highest BCUT2D eigenvalue weighted by molar-refractivity contribution is 7.99. The molecule has 5 atom stereocenters. The van der Waals surface area contributed by atoms with E-state index in [0.29, 0.717) is 0 Å². The SMILES string of the molecule is C[C@H]1[C@@H](CSc2ccccc2)O[C@@H](c2cccc(-c3cccc(CN4C(=O)CC(NC(=O)OCc5ccccc5)C4=O)c3)c2)O[C@H]1c1ccc(CO)cc1. The van der Waals surface area contributed by atoms with Gasteiger partial charge < -0.3 is 24.6 Å². The largest absolute Gasteiger partial charge is 0.445 e. The van der Waals surface area contributed by atoms with Crippen molar-refractivity contribution in [2.24, 2.45) is 5.92 Å². The van der Waals surface area contributed by atoms with Gasteiger partial charge in [-0.05, 0) is 57.6 Å². The zero-order valence-electron chi connectivity index (χ0n) is 29.9. The Morgan fingerprint density at radius 3 is 2.22 bits per heavy atom. The summed E-state index contributed by atoms with van der Waals surface area (Å²) in [7, 11) is 0. The number of aliphatic hydroxyl groups excluding tert-OH is 1. The third-order valence-corrected chi connectivity index (χ3v) is 10.9. The number of benzene rings is 5. The summed E-state index contributed by atoms with van der Waals surface area (Å²) in [6, 6.07) is 42.2. The molecular weight excluding hydrogens is 701 g/mol. The zero-order chi connectivity index (χ0) is 37.4. The molecule has 0 saturated carbocycles. The smallest absolute Gasteiger partial charge is 0.408 e. The van der Waals surface area contributed by atoms with Crippen molar-refractivity contribution in [1.82, 2.24) is 10.2 Å². The van der Waals surface area contributed by atoms with Gasteiger partial charge in [0.1, 0.15) is 12.6 Å². The van der Waals surface area contributed by atoms with Crippen LogP contribution in [-0.4, -0.2) is 45.8 Å². The molecule has 3 amide bonds. The van der Waals surface area contributed by atoms with Crippen molar-refractivity contribution in [3.63, 3.8) is 0 Å². The van der Waals surface area contributed by atoms with Crippen LogP contribution in [0, 0.1) is 5.92 Å². The highest BCUT2D eigenvalue weighted by atomic mass is 32.2. The van der Waals surface area contributed by atoms with Crippen LogP contribution in [0.4, 0.5) is 4.79 Å². The third kappa shape index (κ3) is 8.91. The van der Waals surface area contributed by atoms with Crippen molar-refractivity contribution in [1.29, 1.82) is 0 Å². The first-order chi connectivity index (χ1) is 26.3. The van der Waals surface area contributed by atoms with Crippen LogP contribution in [0.2, 0.25) is 0 Å². The minimum absolute atomic E-state index is 0.0220. The molecule has 0 aromatic heterocycles. The Labute approximate surface area is 319 Å². The number of nitrogens with one attached hydrogen (secondary N) is 1. The number of hydrogen-bond donors (Lipinski definition) is 2. The molecule has 276 valence electrons. The first-order valence-corrected chi connectivity index (χ1v) is 19.0. The number of hydrogen-bond acceptors (Lipinski definition) is 8. The molecule has 0 bridgehead atoms. The van der Waals surface area contributed by atoms with E-state index in [1.807, 2.05) is 115 Å². The van der Waals surface area contributed by atoms with Gasteiger partial charge in [0.15, 0.2) is 6.29 Å². The maximum absolute atomic E-state index is 13.2. The summed E-state index contributed by atoms with van der Waals surface area (Å²) >= 11 is 1.76. The van der Waals surface area contributed by atoms with E-state index in [2.05, 4.69) is 30.4 Å². The number of carbonyl (C=O) groups is 3. The van der Waals surface area contributed by atoms with Gasteiger partial charge in [-0.25, -0.2) is 4.79 Å². The average Bonchev–Trinajstić information content (AvgIpc) is 3.47. The van der Waals surface area contributed by atoms with E-state index in [9.17, 15) is 19.5 Å². The Hall–Kier alpha value is -5.26. The van der Waals surface area contributed by atoms with Crippen molar-refractivity contribution in [3.8, 4) is 11.1 Å². The fourth-order valence-electron chi connectivity index (χ4n) is 6.77. The second kappa shape index (κ2) is 17.3. The van der Waals surface area contributed by atoms with Gasteiger partial charge in [0.25, 0.3) is 5.91 Å². The number of amides is 3. The first kappa shape index (κ1) is 37.1. The monoisotopic (exact) mass is 742 g/mol. The number of nitrogens with zero attached hydrogens (tertiary/aromatic N) is 1. The molecule has 2 aliphatic rings. The predicted octanol–water partition coefficient (Wildman–Crippen LogP) is 7.98. The molecular formula is C44H42N2O7S. The summed E-state index contributed by atoms with van der Waals surface area (Å²) in [6.07, 6.45) is -1.84. The fraction of sp³-hybridized carbons (Fsp3) is 0.250. The first-order valence-electron chi connectivity index (χ1n) is 18.0.